The van der Waals surface area contributed by atoms with Crippen LogP contribution in [0.1, 0.15) is 36.0 Å². The fourth-order valence-corrected chi connectivity index (χ4v) is 2.57. The molecule has 3 N–H and O–H groups in total. The Bertz CT molecular complexity index is 547. The van der Waals surface area contributed by atoms with Crippen LogP contribution in [0.4, 0.5) is 11.4 Å². The third kappa shape index (κ3) is 3.49. The second kappa shape index (κ2) is 6.53. The summed E-state index contributed by atoms with van der Waals surface area (Å²) in [5.74, 6) is -0.373. The predicted octanol–water partition coefficient (Wildman–Crippen LogP) is 1.67. The van der Waals surface area contributed by atoms with Gasteiger partial charge in [0.1, 0.15) is 5.69 Å². The molecule has 2 rings (SSSR count). The van der Waals surface area contributed by atoms with Crippen molar-refractivity contribution in [1.29, 1.82) is 0 Å². The number of nitrogens with one attached hydrogen (secondary N) is 2. The molecule has 2 atom stereocenters. The first-order valence-corrected chi connectivity index (χ1v) is 6.98. The van der Waals surface area contributed by atoms with Gasteiger partial charge in [-0.3, -0.25) is 14.9 Å². The molecule has 0 aromatic heterocycles. The summed E-state index contributed by atoms with van der Waals surface area (Å²) >= 11 is 0. The molecule has 0 aliphatic heterocycles. The van der Waals surface area contributed by atoms with Crippen LogP contribution in [0.25, 0.3) is 0 Å². The number of nitro benzene ring substituents is 1. The maximum absolute atomic E-state index is 11.5. The van der Waals surface area contributed by atoms with E-state index in [1.165, 1.54) is 25.2 Å². The van der Waals surface area contributed by atoms with Crippen LogP contribution in [0, 0.1) is 10.1 Å². The van der Waals surface area contributed by atoms with Gasteiger partial charge in [0.2, 0.25) is 0 Å². The first-order valence-electron chi connectivity index (χ1n) is 6.98. The average Bonchev–Trinajstić information content (AvgIpc) is 2.49. The predicted molar refractivity (Wildman–Crippen MR) is 78.4 cm³/mol. The number of benzene rings is 1. The Labute approximate surface area is 122 Å². The number of nitrogens with zero attached hydrogens (tertiary/aromatic N) is 1. The minimum absolute atomic E-state index is 0.158. The molecule has 0 bridgehead atoms. The van der Waals surface area contributed by atoms with Crippen molar-refractivity contribution in [2.45, 2.75) is 37.8 Å². The first kappa shape index (κ1) is 15.2. The van der Waals surface area contributed by atoms with E-state index in [0.29, 0.717) is 12.1 Å². The molecule has 1 saturated carbocycles. The van der Waals surface area contributed by atoms with Gasteiger partial charge in [0.05, 0.1) is 17.1 Å². The van der Waals surface area contributed by atoms with Crippen molar-refractivity contribution in [2.75, 3.05) is 12.4 Å². The molecule has 0 heterocycles. The van der Waals surface area contributed by atoms with E-state index in [0.717, 1.165) is 19.3 Å². The molecule has 7 nitrogen and oxygen atoms in total. The first-order chi connectivity index (χ1) is 10.0. The van der Waals surface area contributed by atoms with Crippen LogP contribution in [-0.4, -0.2) is 35.1 Å². The SMILES string of the molecule is CNC(=O)c1ccc(NC2CCCCC2O)c([N+](=O)[O-])c1. The van der Waals surface area contributed by atoms with Crippen LogP contribution in [-0.2, 0) is 0 Å². The highest BCUT2D eigenvalue weighted by atomic mass is 16.6. The van der Waals surface area contributed by atoms with E-state index in [4.69, 9.17) is 0 Å². The number of aliphatic hydroxyl groups excluding tert-OH is 1. The molecule has 0 spiro atoms. The fourth-order valence-electron chi connectivity index (χ4n) is 2.57. The van der Waals surface area contributed by atoms with Gasteiger partial charge in [-0.25, -0.2) is 0 Å². The van der Waals surface area contributed by atoms with Crippen LogP contribution < -0.4 is 10.6 Å². The zero-order chi connectivity index (χ0) is 15.4. The minimum atomic E-state index is -0.524. The topological polar surface area (TPSA) is 104 Å². The maximum Gasteiger partial charge on any atom is 0.293 e. The highest BCUT2D eigenvalue weighted by molar-refractivity contribution is 5.95. The smallest absolute Gasteiger partial charge is 0.293 e. The molecule has 1 aliphatic carbocycles. The summed E-state index contributed by atoms with van der Waals surface area (Å²) in [6.07, 6.45) is 2.92. The van der Waals surface area contributed by atoms with Gasteiger partial charge in [-0.2, -0.15) is 0 Å². The number of hydrogen-bond donors (Lipinski definition) is 3. The molecular weight excluding hydrogens is 274 g/mol. The molecule has 21 heavy (non-hydrogen) atoms. The largest absolute Gasteiger partial charge is 0.391 e. The number of nitro groups is 1. The Morgan fingerprint density at radius 1 is 1.38 bits per heavy atom. The van der Waals surface area contributed by atoms with E-state index in [9.17, 15) is 20.0 Å². The van der Waals surface area contributed by atoms with Crippen LogP contribution in [0.2, 0.25) is 0 Å². The quantitative estimate of drug-likeness (QED) is 0.578. The number of hydrogen-bond acceptors (Lipinski definition) is 5. The Morgan fingerprint density at radius 2 is 2.10 bits per heavy atom. The number of rotatable bonds is 4. The Hall–Kier alpha value is -2.15. The third-order valence-corrected chi connectivity index (χ3v) is 3.75. The van der Waals surface area contributed by atoms with E-state index in [1.807, 2.05) is 0 Å². The van der Waals surface area contributed by atoms with Gasteiger partial charge >= 0.3 is 0 Å². The lowest BCUT2D eigenvalue weighted by Gasteiger charge is -2.29. The summed E-state index contributed by atoms with van der Waals surface area (Å²) in [6.45, 7) is 0. The molecule has 114 valence electrons. The van der Waals surface area contributed by atoms with E-state index in [-0.39, 0.29) is 23.2 Å². The Kier molecular flexibility index (Phi) is 4.74. The van der Waals surface area contributed by atoms with Crippen LogP contribution in [0.5, 0.6) is 0 Å². The average molecular weight is 293 g/mol. The second-order valence-corrected chi connectivity index (χ2v) is 5.17. The van der Waals surface area contributed by atoms with Gasteiger partial charge in [0, 0.05) is 18.7 Å². The van der Waals surface area contributed by atoms with Gasteiger partial charge in [-0.05, 0) is 25.0 Å². The highest BCUT2D eigenvalue weighted by Gasteiger charge is 2.26. The molecule has 0 saturated heterocycles. The van der Waals surface area contributed by atoms with Gasteiger partial charge in [0.25, 0.3) is 11.6 Å². The van der Waals surface area contributed by atoms with Crippen molar-refractivity contribution in [1.82, 2.24) is 5.32 Å². The molecular formula is C14H19N3O4. The van der Waals surface area contributed by atoms with Crippen molar-refractivity contribution in [2.24, 2.45) is 0 Å². The summed E-state index contributed by atoms with van der Waals surface area (Å²) in [6, 6.07) is 4.10. The van der Waals surface area contributed by atoms with Crippen molar-refractivity contribution in [3.8, 4) is 0 Å². The fraction of sp³-hybridized carbons (Fsp3) is 0.500. The number of carbonyl (C=O) groups excluding carboxylic acids is 1. The van der Waals surface area contributed by atoms with E-state index in [2.05, 4.69) is 10.6 Å². The zero-order valence-electron chi connectivity index (χ0n) is 11.8. The number of carbonyl (C=O) groups is 1. The lowest BCUT2D eigenvalue weighted by molar-refractivity contribution is -0.384. The van der Waals surface area contributed by atoms with E-state index < -0.39 is 11.0 Å². The van der Waals surface area contributed by atoms with Crippen molar-refractivity contribution in [3.05, 3.63) is 33.9 Å². The summed E-state index contributed by atoms with van der Waals surface area (Å²) < 4.78 is 0. The lowest BCUT2D eigenvalue weighted by Crippen LogP contribution is -2.36. The molecule has 1 aromatic rings. The lowest BCUT2D eigenvalue weighted by atomic mass is 9.92. The van der Waals surface area contributed by atoms with Crippen molar-refractivity contribution in [3.63, 3.8) is 0 Å². The van der Waals surface area contributed by atoms with Crippen LogP contribution in [0.3, 0.4) is 0 Å². The maximum atomic E-state index is 11.5. The summed E-state index contributed by atoms with van der Waals surface area (Å²) in [5, 5.41) is 26.6. The number of aliphatic hydroxyl groups is 1. The van der Waals surface area contributed by atoms with Crippen LogP contribution in [0.15, 0.2) is 18.2 Å². The molecule has 7 heteroatoms. The Morgan fingerprint density at radius 3 is 2.71 bits per heavy atom. The standard InChI is InChI=1S/C14H19N3O4/c1-15-14(19)9-6-7-10(12(8-9)17(20)21)16-11-4-2-3-5-13(11)18/h6-8,11,13,16,18H,2-5H2,1H3,(H,15,19). The van der Waals surface area contributed by atoms with Gasteiger partial charge < -0.3 is 15.7 Å². The normalized spacial score (nSPS) is 21.6. The summed E-state index contributed by atoms with van der Waals surface area (Å²) in [4.78, 5) is 22.2. The van der Waals surface area contributed by atoms with Crippen LogP contribution >= 0.6 is 0 Å². The third-order valence-electron chi connectivity index (χ3n) is 3.75. The second-order valence-electron chi connectivity index (χ2n) is 5.17. The van der Waals surface area contributed by atoms with Gasteiger partial charge in [0.15, 0.2) is 0 Å². The Balaban J connectivity index is 2.26. The van der Waals surface area contributed by atoms with E-state index in [1.54, 1.807) is 0 Å². The zero-order valence-corrected chi connectivity index (χ0v) is 11.8. The van der Waals surface area contributed by atoms with Crippen molar-refractivity contribution < 1.29 is 14.8 Å². The monoisotopic (exact) mass is 293 g/mol. The van der Waals surface area contributed by atoms with Gasteiger partial charge in [-0.15, -0.1) is 0 Å². The highest BCUT2D eigenvalue weighted by Crippen LogP contribution is 2.29. The number of anilines is 1. The molecule has 1 fully saturated rings. The molecule has 1 amide bonds. The minimum Gasteiger partial charge on any atom is -0.391 e. The molecule has 1 aliphatic rings. The van der Waals surface area contributed by atoms with Crippen molar-refractivity contribution >= 4 is 17.3 Å². The van der Waals surface area contributed by atoms with Gasteiger partial charge in [-0.1, -0.05) is 12.8 Å². The molecule has 1 aromatic carbocycles. The summed E-state index contributed by atoms with van der Waals surface area (Å²) in [5.41, 5.74) is 0.409. The molecule has 0 radical (unpaired) electrons. The van der Waals surface area contributed by atoms with E-state index >= 15 is 0 Å². The number of amides is 1. The summed E-state index contributed by atoms with van der Waals surface area (Å²) in [7, 11) is 1.47. The molecule has 2 unspecified atom stereocenters.